The quantitative estimate of drug-likeness (QED) is 0.340. The van der Waals surface area contributed by atoms with Crippen LogP contribution in [0, 0.1) is 0 Å². The molecule has 0 spiro atoms. The highest BCUT2D eigenvalue weighted by Gasteiger charge is 2.31. The Labute approximate surface area is 161 Å². The van der Waals surface area contributed by atoms with Crippen LogP contribution in [0.2, 0.25) is 12.6 Å². The predicted molar refractivity (Wildman–Crippen MR) is 116 cm³/mol. The molecule has 0 aliphatic carbocycles. The Morgan fingerprint density at radius 3 is 1.58 bits per heavy atom. The third-order valence-electron chi connectivity index (χ3n) is 5.63. The topological polar surface area (TPSA) is 25.8 Å². The lowest BCUT2D eigenvalue weighted by atomic mass is 10.1. The molecule has 0 aliphatic rings. The van der Waals surface area contributed by atoms with E-state index in [9.17, 15) is 0 Å². The molecular weight excluding hydrogens is 332 g/mol. The fourth-order valence-corrected chi connectivity index (χ4v) is 7.31. The fourth-order valence-electron chi connectivity index (χ4n) is 3.80. The van der Waals surface area contributed by atoms with Gasteiger partial charge in [-0.2, -0.15) is 0 Å². The Kier molecular flexibility index (Phi) is 9.61. The molecule has 26 heavy (non-hydrogen) atoms. The Hall–Kier alpha value is -1.48. The molecule has 2 heterocycles. The predicted octanol–water partition coefficient (Wildman–Crippen LogP) is 5.59. The first kappa shape index (κ1) is 20.8. The van der Waals surface area contributed by atoms with Crippen LogP contribution in [0.3, 0.4) is 0 Å². The van der Waals surface area contributed by atoms with Gasteiger partial charge in [-0.15, -0.1) is 0 Å². The number of hydrogen-bond acceptors (Lipinski definition) is 2. The van der Waals surface area contributed by atoms with Gasteiger partial charge in [-0.1, -0.05) is 89.8 Å². The molecule has 0 radical (unpaired) electrons. The summed E-state index contributed by atoms with van der Waals surface area (Å²) in [5.41, 5.74) is 0. The Bertz CT molecular complexity index is 546. The summed E-state index contributed by atoms with van der Waals surface area (Å²) in [6.45, 7) is 4.77. The molecule has 2 rings (SSSR count). The summed E-state index contributed by atoms with van der Waals surface area (Å²) in [5, 5.41) is 2.87. The number of aromatic nitrogens is 2. The number of nitrogens with zero attached hydrogens (tertiary/aromatic N) is 2. The van der Waals surface area contributed by atoms with Gasteiger partial charge in [0.2, 0.25) is 0 Å². The van der Waals surface area contributed by atoms with Crippen molar-refractivity contribution in [3.63, 3.8) is 0 Å². The van der Waals surface area contributed by atoms with Crippen molar-refractivity contribution in [1.29, 1.82) is 0 Å². The molecule has 0 aromatic carbocycles. The third kappa shape index (κ3) is 6.68. The second-order valence-corrected chi connectivity index (χ2v) is 12.1. The van der Waals surface area contributed by atoms with Crippen LogP contribution >= 0.6 is 0 Å². The average molecular weight is 369 g/mol. The van der Waals surface area contributed by atoms with Gasteiger partial charge in [0.05, 0.1) is 0 Å². The van der Waals surface area contributed by atoms with Crippen LogP contribution in [0.1, 0.15) is 71.1 Å². The van der Waals surface area contributed by atoms with Crippen molar-refractivity contribution in [3.8, 4) is 0 Å². The van der Waals surface area contributed by atoms with E-state index < -0.39 is 8.07 Å². The molecule has 0 saturated heterocycles. The van der Waals surface area contributed by atoms with Crippen molar-refractivity contribution in [2.24, 2.45) is 0 Å². The maximum atomic E-state index is 4.39. The van der Waals surface area contributed by atoms with Gasteiger partial charge in [0.25, 0.3) is 0 Å². The lowest BCUT2D eigenvalue weighted by Gasteiger charge is -2.28. The molecule has 0 saturated carbocycles. The summed E-state index contributed by atoms with van der Waals surface area (Å²) >= 11 is 0. The first-order valence-electron chi connectivity index (χ1n) is 10.6. The molecule has 2 nitrogen and oxygen atoms in total. The van der Waals surface area contributed by atoms with E-state index in [1.807, 2.05) is 12.4 Å². The molecule has 142 valence electrons. The minimum absolute atomic E-state index is 1.29. The number of rotatable bonds is 13. The fraction of sp³-hybridized carbons (Fsp3) is 0.565. The normalized spacial score (nSPS) is 11.6. The van der Waals surface area contributed by atoms with Crippen LogP contribution in [0.15, 0.2) is 49.1 Å². The minimum atomic E-state index is -1.72. The highest BCUT2D eigenvalue weighted by atomic mass is 28.3. The van der Waals surface area contributed by atoms with Crippen LogP contribution < -0.4 is 10.4 Å². The Balaban J connectivity index is 1.78. The first-order valence-corrected chi connectivity index (χ1v) is 13.3. The van der Waals surface area contributed by atoms with Gasteiger partial charge in [-0.3, -0.25) is 9.97 Å². The summed E-state index contributed by atoms with van der Waals surface area (Å²) in [7, 11) is -1.72. The summed E-state index contributed by atoms with van der Waals surface area (Å²) in [6, 6.07) is 9.98. The molecule has 0 N–H and O–H groups in total. The van der Waals surface area contributed by atoms with Gasteiger partial charge in [0, 0.05) is 24.8 Å². The highest BCUT2D eigenvalue weighted by molar-refractivity contribution is 7.01. The van der Waals surface area contributed by atoms with Crippen LogP contribution in [0.5, 0.6) is 0 Å². The average Bonchev–Trinajstić information content (AvgIpc) is 2.70. The number of hydrogen-bond donors (Lipinski definition) is 0. The lowest BCUT2D eigenvalue weighted by Crippen LogP contribution is -2.55. The van der Waals surface area contributed by atoms with Crippen molar-refractivity contribution in [3.05, 3.63) is 49.1 Å². The summed E-state index contributed by atoms with van der Waals surface area (Å²) in [4.78, 5) is 8.78. The molecule has 3 heteroatoms. The van der Waals surface area contributed by atoms with Crippen molar-refractivity contribution in [1.82, 2.24) is 9.97 Å². The van der Waals surface area contributed by atoms with Gasteiger partial charge in [-0.05, 0) is 28.6 Å². The zero-order valence-corrected chi connectivity index (χ0v) is 17.8. The molecule has 0 unspecified atom stereocenters. The standard InChI is InChI=1S/C23H36N2Si/c1-3-4-5-6-7-8-9-10-11-12-19-26(2,22-15-13-17-24-20-22)23-16-14-18-25-21-23/h13-18,20-21H,3-12,19H2,1-2H3. The maximum absolute atomic E-state index is 4.39. The van der Waals surface area contributed by atoms with Gasteiger partial charge in [-0.25, -0.2) is 0 Å². The zero-order valence-electron chi connectivity index (χ0n) is 16.8. The van der Waals surface area contributed by atoms with E-state index in [4.69, 9.17) is 0 Å². The van der Waals surface area contributed by atoms with E-state index >= 15 is 0 Å². The molecule has 2 aromatic heterocycles. The summed E-state index contributed by atoms with van der Waals surface area (Å²) < 4.78 is 0. The van der Waals surface area contributed by atoms with Crippen LogP contribution in [0.25, 0.3) is 0 Å². The van der Waals surface area contributed by atoms with Gasteiger partial charge < -0.3 is 0 Å². The van der Waals surface area contributed by atoms with E-state index in [0.717, 1.165) is 0 Å². The van der Waals surface area contributed by atoms with Crippen molar-refractivity contribution < 1.29 is 0 Å². The smallest absolute Gasteiger partial charge is 0.119 e. The van der Waals surface area contributed by atoms with Crippen LogP contribution in [0.4, 0.5) is 0 Å². The number of pyridine rings is 2. The van der Waals surface area contributed by atoms with E-state index in [0.29, 0.717) is 0 Å². The minimum Gasteiger partial charge on any atom is -0.265 e. The van der Waals surface area contributed by atoms with Crippen LogP contribution in [-0.4, -0.2) is 18.0 Å². The van der Waals surface area contributed by atoms with Gasteiger partial charge >= 0.3 is 0 Å². The van der Waals surface area contributed by atoms with Crippen LogP contribution in [-0.2, 0) is 0 Å². The Morgan fingerprint density at radius 2 is 1.15 bits per heavy atom. The molecule has 0 amide bonds. The van der Waals surface area contributed by atoms with E-state index in [1.54, 1.807) is 0 Å². The molecule has 0 fully saturated rings. The summed E-state index contributed by atoms with van der Waals surface area (Å²) in [6.07, 6.45) is 21.8. The molecule has 2 aromatic rings. The molecule has 0 bridgehead atoms. The molecule has 0 aliphatic heterocycles. The lowest BCUT2D eigenvalue weighted by molar-refractivity contribution is 0.562. The monoisotopic (exact) mass is 368 g/mol. The summed E-state index contributed by atoms with van der Waals surface area (Å²) in [5.74, 6) is 0. The molecular formula is C23H36N2Si. The second kappa shape index (κ2) is 12.0. The third-order valence-corrected chi connectivity index (χ3v) is 10.1. The first-order chi connectivity index (χ1) is 12.8. The van der Waals surface area contributed by atoms with E-state index in [-0.39, 0.29) is 0 Å². The second-order valence-electron chi connectivity index (χ2n) is 7.75. The SMILES string of the molecule is CCCCCCCCCCCC[Si](C)(c1cccnc1)c1cccnc1. The van der Waals surface area contributed by atoms with Gasteiger partial charge in [0.15, 0.2) is 0 Å². The Morgan fingerprint density at radius 1 is 0.692 bits per heavy atom. The van der Waals surface area contributed by atoms with E-state index in [2.05, 4.69) is 60.1 Å². The van der Waals surface area contributed by atoms with E-state index in [1.165, 1.54) is 80.6 Å². The number of unbranched alkanes of at least 4 members (excludes halogenated alkanes) is 9. The molecule has 0 atom stereocenters. The van der Waals surface area contributed by atoms with Crippen molar-refractivity contribution in [2.45, 2.75) is 83.7 Å². The largest absolute Gasteiger partial charge is 0.265 e. The highest BCUT2D eigenvalue weighted by Crippen LogP contribution is 2.17. The van der Waals surface area contributed by atoms with Crippen molar-refractivity contribution in [2.75, 3.05) is 0 Å². The zero-order chi connectivity index (χ0) is 18.5. The maximum Gasteiger partial charge on any atom is 0.119 e. The van der Waals surface area contributed by atoms with Gasteiger partial charge in [0.1, 0.15) is 8.07 Å². The van der Waals surface area contributed by atoms with Crippen molar-refractivity contribution >= 4 is 18.4 Å².